The molecule has 41 heavy (non-hydrogen) atoms. The molecule has 2 aromatic carbocycles. The fraction of sp³-hybridized carbons (Fsp3) is 0.438. The fourth-order valence-electron chi connectivity index (χ4n) is 5.58. The van der Waals surface area contributed by atoms with E-state index in [4.69, 9.17) is 22.0 Å². The van der Waals surface area contributed by atoms with Gasteiger partial charge in [0.2, 0.25) is 12.5 Å². The monoisotopic (exact) mass is 555 g/mol. The lowest BCUT2D eigenvalue weighted by Crippen LogP contribution is -2.38. The number of hydrogen-bond donors (Lipinski definition) is 1. The Balaban J connectivity index is 0.000000275. The van der Waals surface area contributed by atoms with Crippen LogP contribution in [0.25, 0.3) is 15.6 Å². The molecule has 1 saturated heterocycles. The van der Waals surface area contributed by atoms with Crippen molar-refractivity contribution in [3.8, 4) is 6.01 Å². The molecule has 0 bridgehead atoms. The number of anilines is 2. The number of rotatable bonds is 8. The number of fused-ring (bicyclic) bond motifs is 2. The number of benzene rings is 2. The second-order valence-corrected chi connectivity index (χ2v) is 10.7. The summed E-state index contributed by atoms with van der Waals surface area (Å²) in [5.41, 5.74) is 9.55. The summed E-state index contributed by atoms with van der Waals surface area (Å²) in [5, 5.41) is 2.52. The zero-order valence-corrected chi connectivity index (χ0v) is 24.4. The summed E-state index contributed by atoms with van der Waals surface area (Å²) in [6, 6.07) is 15.4. The Morgan fingerprint density at radius 2 is 2.05 bits per heavy atom. The maximum Gasteiger partial charge on any atom is 0.318 e. The lowest BCUT2D eigenvalue weighted by Gasteiger charge is -2.31. The van der Waals surface area contributed by atoms with E-state index in [1.807, 2.05) is 13.8 Å². The number of carbonyl (C=O) groups excluding carboxylic acids is 1. The van der Waals surface area contributed by atoms with Gasteiger partial charge < -0.3 is 30.0 Å². The van der Waals surface area contributed by atoms with E-state index in [0.29, 0.717) is 37.4 Å². The van der Waals surface area contributed by atoms with Gasteiger partial charge in [0.05, 0.1) is 18.8 Å². The molecule has 0 spiro atoms. The largest absolute Gasteiger partial charge is 0.463 e. The SMILES string of the molecule is CN1CC[C@@H](COc2nc(N)c3c(n2)CN(c2cccc4ccccc24)CC3)C1.[C-]#[N+]C[C@@H](C)N(CC)C(=O)C=C. The van der Waals surface area contributed by atoms with Crippen molar-refractivity contribution in [3.63, 3.8) is 0 Å². The highest BCUT2D eigenvalue weighted by Gasteiger charge is 2.25. The van der Waals surface area contributed by atoms with Crippen LogP contribution in [0.1, 0.15) is 31.5 Å². The lowest BCUT2D eigenvalue weighted by molar-refractivity contribution is -0.127. The standard InChI is InChI=1S/C23H27N5O.C9H14N2O/c1-27-11-9-16(13-27)15-29-23-25-20-14-28(12-10-19(20)22(24)26-23)21-8-4-6-17-5-2-3-7-18(17)21;1-5-9(12)11(6-2)8(3)7-10-4/h2-8,16H,9-15H2,1H3,(H2,24,25,26);5,8H,1,6-7H2,2-3H3/t16-;8-/m11/s1. The highest BCUT2D eigenvalue weighted by Crippen LogP contribution is 2.32. The van der Waals surface area contributed by atoms with Crippen LogP contribution in [0.2, 0.25) is 0 Å². The first-order valence-corrected chi connectivity index (χ1v) is 14.3. The predicted molar refractivity (Wildman–Crippen MR) is 165 cm³/mol. The molecule has 0 unspecified atom stereocenters. The number of ether oxygens (including phenoxy) is 1. The van der Waals surface area contributed by atoms with Crippen LogP contribution in [0.3, 0.4) is 0 Å². The molecule has 3 aromatic rings. The third-order valence-corrected chi connectivity index (χ3v) is 7.81. The summed E-state index contributed by atoms with van der Waals surface area (Å²) in [6.07, 6.45) is 3.29. The van der Waals surface area contributed by atoms with Gasteiger partial charge in [0, 0.05) is 42.2 Å². The zero-order valence-electron chi connectivity index (χ0n) is 24.4. The maximum absolute atomic E-state index is 11.2. The minimum absolute atomic E-state index is 0.0157. The van der Waals surface area contributed by atoms with Crippen molar-refractivity contribution in [3.05, 3.63) is 77.8 Å². The van der Waals surface area contributed by atoms with Gasteiger partial charge >= 0.3 is 6.01 Å². The van der Waals surface area contributed by atoms with Crippen LogP contribution in [0.4, 0.5) is 11.5 Å². The molecule has 2 aliphatic heterocycles. The summed E-state index contributed by atoms with van der Waals surface area (Å²) in [7, 11) is 2.15. The Bertz CT molecular complexity index is 1400. The minimum atomic E-state index is -0.103. The first-order valence-electron chi connectivity index (χ1n) is 14.3. The average Bonchev–Trinajstić information content (AvgIpc) is 3.41. The first-order chi connectivity index (χ1) is 19.8. The van der Waals surface area contributed by atoms with Crippen molar-refractivity contribution in [2.24, 2.45) is 5.92 Å². The van der Waals surface area contributed by atoms with Gasteiger partial charge in [-0.15, -0.1) is 0 Å². The molecule has 1 aromatic heterocycles. The van der Waals surface area contributed by atoms with Gasteiger partial charge in [-0.2, -0.15) is 9.97 Å². The molecule has 216 valence electrons. The highest BCUT2D eigenvalue weighted by molar-refractivity contribution is 5.94. The van der Waals surface area contributed by atoms with Crippen LogP contribution >= 0.6 is 0 Å². The van der Waals surface area contributed by atoms with Gasteiger partial charge in [0.25, 0.3) is 0 Å². The van der Waals surface area contributed by atoms with Crippen LogP contribution in [0, 0.1) is 12.5 Å². The molecule has 1 fully saturated rings. The van der Waals surface area contributed by atoms with Crippen molar-refractivity contribution in [2.75, 3.05) is 57.0 Å². The smallest absolute Gasteiger partial charge is 0.318 e. The molecule has 1 amide bonds. The second kappa shape index (κ2) is 14.0. The first kappa shape index (κ1) is 29.8. The molecule has 9 nitrogen and oxygen atoms in total. The van der Waals surface area contributed by atoms with Gasteiger partial charge in [-0.1, -0.05) is 43.0 Å². The number of likely N-dealkylation sites (tertiary alicyclic amines) is 1. The Morgan fingerprint density at radius 1 is 1.27 bits per heavy atom. The molecule has 5 rings (SSSR count). The van der Waals surface area contributed by atoms with E-state index in [1.165, 1.54) is 22.5 Å². The van der Waals surface area contributed by atoms with Gasteiger partial charge in [-0.25, -0.2) is 6.57 Å². The molecular formula is C32H41N7O2. The predicted octanol–water partition coefficient (Wildman–Crippen LogP) is 4.43. The highest BCUT2D eigenvalue weighted by atomic mass is 16.5. The molecule has 2 aliphatic rings. The van der Waals surface area contributed by atoms with Crippen molar-refractivity contribution >= 4 is 28.2 Å². The molecule has 0 radical (unpaired) electrons. The number of nitrogen functional groups attached to an aromatic ring is 1. The summed E-state index contributed by atoms with van der Waals surface area (Å²) >= 11 is 0. The Hall–Kier alpha value is -4.16. The molecule has 2 atom stereocenters. The number of aromatic nitrogens is 2. The van der Waals surface area contributed by atoms with Crippen molar-refractivity contribution in [2.45, 2.75) is 39.3 Å². The Morgan fingerprint density at radius 3 is 2.76 bits per heavy atom. The third-order valence-electron chi connectivity index (χ3n) is 7.81. The Kier molecular flexibility index (Phi) is 10.1. The Labute approximate surface area is 243 Å². The number of nitrogens with zero attached hydrogens (tertiary/aromatic N) is 6. The zero-order chi connectivity index (χ0) is 29.4. The van der Waals surface area contributed by atoms with E-state index >= 15 is 0 Å². The van der Waals surface area contributed by atoms with Crippen LogP contribution < -0.4 is 15.4 Å². The summed E-state index contributed by atoms with van der Waals surface area (Å²) in [6.45, 7) is 19.3. The van der Waals surface area contributed by atoms with Gasteiger partial charge in [0.1, 0.15) is 11.9 Å². The van der Waals surface area contributed by atoms with E-state index in [0.717, 1.165) is 50.3 Å². The van der Waals surface area contributed by atoms with Crippen LogP contribution in [0.5, 0.6) is 6.01 Å². The molecule has 3 heterocycles. The van der Waals surface area contributed by atoms with Crippen molar-refractivity contribution in [1.82, 2.24) is 19.8 Å². The minimum Gasteiger partial charge on any atom is -0.463 e. The quantitative estimate of drug-likeness (QED) is 0.325. The van der Waals surface area contributed by atoms with Gasteiger partial charge in [-0.3, -0.25) is 4.79 Å². The number of likely N-dealkylation sites (N-methyl/N-ethyl adjacent to an activating group) is 1. The van der Waals surface area contributed by atoms with Gasteiger partial charge in [0.15, 0.2) is 0 Å². The van der Waals surface area contributed by atoms with Gasteiger partial charge in [-0.05, 0) is 57.8 Å². The maximum atomic E-state index is 11.2. The topological polar surface area (TPSA) is 92.2 Å². The van der Waals surface area contributed by atoms with E-state index < -0.39 is 0 Å². The van der Waals surface area contributed by atoms with Crippen LogP contribution in [0.15, 0.2) is 55.1 Å². The van der Waals surface area contributed by atoms with Crippen LogP contribution in [-0.4, -0.2) is 78.1 Å². The van der Waals surface area contributed by atoms with E-state index in [2.05, 4.69) is 75.7 Å². The molecule has 0 aliphatic carbocycles. The molecule has 9 heteroatoms. The van der Waals surface area contributed by atoms with Crippen molar-refractivity contribution < 1.29 is 9.53 Å². The average molecular weight is 556 g/mol. The normalized spacial score (nSPS) is 17.1. The molecule has 0 saturated carbocycles. The van der Waals surface area contributed by atoms with E-state index in [-0.39, 0.29) is 11.9 Å². The fourth-order valence-corrected chi connectivity index (χ4v) is 5.58. The lowest BCUT2D eigenvalue weighted by atomic mass is 10.0. The number of nitrogens with two attached hydrogens (primary N) is 1. The van der Waals surface area contributed by atoms with Crippen molar-refractivity contribution in [1.29, 1.82) is 0 Å². The number of hydrogen-bond acceptors (Lipinski definition) is 7. The molecular weight excluding hydrogens is 514 g/mol. The number of carbonyl (C=O) groups is 1. The van der Waals surface area contributed by atoms with E-state index in [1.54, 1.807) is 4.90 Å². The summed E-state index contributed by atoms with van der Waals surface area (Å²) < 4.78 is 5.95. The summed E-state index contributed by atoms with van der Waals surface area (Å²) in [4.78, 5) is 29.9. The van der Waals surface area contributed by atoms with Crippen LogP contribution in [-0.2, 0) is 17.8 Å². The second-order valence-electron chi connectivity index (χ2n) is 10.7. The summed E-state index contributed by atoms with van der Waals surface area (Å²) in [5.74, 6) is 0.993. The third kappa shape index (κ3) is 7.33. The molecule has 2 N–H and O–H groups in total. The van der Waals surface area contributed by atoms with E-state index in [9.17, 15) is 4.79 Å². The number of amides is 1.